The average Bonchev–Trinajstić information content (AvgIpc) is 2.62. The van der Waals surface area contributed by atoms with Gasteiger partial charge in [0.15, 0.2) is 0 Å². The minimum Gasteiger partial charge on any atom is -0.480 e. The van der Waals surface area contributed by atoms with Crippen LogP contribution in [-0.2, 0) is 11.0 Å². The number of hydrogen-bond donors (Lipinski definition) is 1. The lowest BCUT2D eigenvalue weighted by molar-refractivity contribution is -0.146. The molecule has 1 atom stereocenters. The molecule has 1 aromatic heterocycles. The molecule has 0 bridgehead atoms. The van der Waals surface area contributed by atoms with E-state index in [0.29, 0.717) is 32.1 Å². The predicted octanol–water partition coefficient (Wildman–Crippen LogP) is 2.44. The van der Waals surface area contributed by atoms with Crippen molar-refractivity contribution >= 4 is 11.9 Å². The van der Waals surface area contributed by atoms with Crippen LogP contribution in [0.1, 0.15) is 17.2 Å². The maximum atomic E-state index is 13.3. The van der Waals surface area contributed by atoms with Crippen LogP contribution in [0, 0.1) is 0 Å². The second-order valence-corrected chi connectivity index (χ2v) is 5.90. The molecule has 9 heteroatoms. The molecule has 1 unspecified atom stereocenters. The van der Waals surface area contributed by atoms with Gasteiger partial charge in [-0.25, -0.2) is 9.97 Å². The zero-order chi connectivity index (χ0) is 18.7. The van der Waals surface area contributed by atoms with Crippen molar-refractivity contribution in [3.8, 4) is 0 Å². The van der Waals surface area contributed by atoms with Crippen molar-refractivity contribution < 1.29 is 23.1 Å². The third kappa shape index (κ3) is 3.77. The highest BCUT2D eigenvalue weighted by Crippen LogP contribution is 2.36. The summed E-state index contributed by atoms with van der Waals surface area (Å²) in [5, 5.41) is 9.60. The Morgan fingerprint density at radius 3 is 2.23 bits per heavy atom. The van der Waals surface area contributed by atoms with E-state index in [1.165, 1.54) is 18.2 Å². The van der Waals surface area contributed by atoms with E-state index in [-0.39, 0.29) is 5.56 Å². The van der Waals surface area contributed by atoms with Gasteiger partial charge in [0.25, 0.3) is 0 Å². The van der Waals surface area contributed by atoms with E-state index in [2.05, 4.69) is 9.97 Å². The molecular formula is C17H17F3N4O2. The fourth-order valence-electron chi connectivity index (χ4n) is 3.11. The normalized spacial score (nSPS) is 17.1. The van der Waals surface area contributed by atoms with Gasteiger partial charge < -0.3 is 10.0 Å². The third-order valence-corrected chi connectivity index (χ3v) is 4.31. The molecule has 1 saturated heterocycles. The number of piperazine rings is 1. The smallest absolute Gasteiger partial charge is 0.416 e. The first-order chi connectivity index (χ1) is 12.4. The summed E-state index contributed by atoms with van der Waals surface area (Å²) in [6.07, 6.45) is -1.40. The first-order valence-electron chi connectivity index (χ1n) is 8.03. The number of aliphatic carboxylic acids is 1. The summed E-state index contributed by atoms with van der Waals surface area (Å²) in [6.45, 7) is 1.45. The summed E-state index contributed by atoms with van der Waals surface area (Å²) in [4.78, 5) is 23.5. The molecule has 2 heterocycles. The van der Waals surface area contributed by atoms with Gasteiger partial charge in [-0.2, -0.15) is 13.2 Å². The summed E-state index contributed by atoms with van der Waals surface area (Å²) in [6, 6.07) is 5.17. The number of carbonyl (C=O) groups is 1. The molecule has 1 fully saturated rings. The molecule has 6 nitrogen and oxygen atoms in total. The van der Waals surface area contributed by atoms with Gasteiger partial charge in [0, 0.05) is 38.6 Å². The van der Waals surface area contributed by atoms with E-state index >= 15 is 0 Å². The molecule has 0 saturated carbocycles. The molecule has 0 radical (unpaired) electrons. The van der Waals surface area contributed by atoms with E-state index in [9.17, 15) is 23.1 Å². The highest BCUT2D eigenvalue weighted by Gasteiger charge is 2.39. The van der Waals surface area contributed by atoms with E-state index in [1.54, 1.807) is 23.4 Å². The van der Waals surface area contributed by atoms with Crippen LogP contribution in [-0.4, -0.2) is 52.1 Å². The van der Waals surface area contributed by atoms with Crippen LogP contribution >= 0.6 is 0 Å². The van der Waals surface area contributed by atoms with Crippen molar-refractivity contribution in [2.24, 2.45) is 0 Å². The predicted molar refractivity (Wildman–Crippen MR) is 87.6 cm³/mol. The number of nitrogens with zero attached hydrogens (tertiary/aromatic N) is 4. The number of halogens is 3. The van der Waals surface area contributed by atoms with Crippen LogP contribution in [0.2, 0.25) is 0 Å². The summed E-state index contributed by atoms with van der Waals surface area (Å²) < 4.78 is 39.9. The lowest BCUT2D eigenvalue weighted by Gasteiger charge is -2.38. The fourth-order valence-corrected chi connectivity index (χ4v) is 3.11. The molecule has 26 heavy (non-hydrogen) atoms. The Kier molecular flexibility index (Phi) is 5.08. The monoisotopic (exact) mass is 366 g/mol. The van der Waals surface area contributed by atoms with Crippen LogP contribution in [0.15, 0.2) is 42.7 Å². The highest BCUT2D eigenvalue weighted by atomic mass is 19.4. The quantitative estimate of drug-likeness (QED) is 0.896. The number of hydrogen-bond acceptors (Lipinski definition) is 5. The summed E-state index contributed by atoms with van der Waals surface area (Å²) in [5.74, 6) is -0.777. The number of carboxylic acids is 1. The SMILES string of the molecule is O=C(O)C(c1ccccc1C(F)(F)F)N1CCN(c2ncccn2)CC1. The Morgan fingerprint density at radius 2 is 1.65 bits per heavy atom. The number of benzene rings is 1. The number of carboxylic acid groups (broad SMARTS) is 1. The average molecular weight is 366 g/mol. The van der Waals surface area contributed by atoms with Crippen LogP contribution < -0.4 is 4.90 Å². The second-order valence-electron chi connectivity index (χ2n) is 5.90. The number of anilines is 1. The minimum absolute atomic E-state index is 0.239. The van der Waals surface area contributed by atoms with E-state index in [0.717, 1.165) is 6.07 Å². The molecule has 0 amide bonds. The van der Waals surface area contributed by atoms with Gasteiger partial charge >= 0.3 is 12.1 Å². The molecule has 138 valence electrons. The standard InChI is InChI=1S/C17H17F3N4O2/c18-17(19,20)13-5-2-1-4-12(13)14(15(25)26)23-8-10-24(11-9-23)16-21-6-3-7-22-16/h1-7,14H,8-11H2,(H,25,26). The van der Waals surface area contributed by atoms with Gasteiger partial charge in [-0.05, 0) is 17.7 Å². The largest absolute Gasteiger partial charge is 0.480 e. The number of alkyl halides is 3. The summed E-state index contributed by atoms with van der Waals surface area (Å²) in [7, 11) is 0. The van der Waals surface area contributed by atoms with Crippen molar-refractivity contribution in [2.45, 2.75) is 12.2 Å². The number of rotatable bonds is 4. The maximum Gasteiger partial charge on any atom is 0.416 e. The molecule has 1 aliphatic heterocycles. The number of aromatic nitrogens is 2. The first-order valence-corrected chi connectivity index (χ1v) is 8.03. The van der Waals surface area contributed by atoms with Gasteiger partial charge in [0.05, 0.1) is 5.56 Å². The van der Waals surface area contributed by atoms with Gasteiger partial charge in [-0.3, -0.25) is 9.69 Å². The molecule has 1 aromatic carbocycles. The molecule has 3 rings (SSSR count). The minimum atomic E-state index is -4.61. The van der Waals surface area contributed by atoms with Gasteiger partial charge in [-0.1, -0.05) is 18.2 Å². The molecular weight excluding hydrogens is 349 g/mol. The zero-order valence-corrected chi connectivity index (χ0v) is 13.7. The van der Waals surface area contributed by atoms with E-state index in [1.807, 2.05) is 4.90 Å². The lowest BCUT2D eigenvalue weighted by atomic mass is 9.98. The van der Waals surface area contributed by atoms with Crippen LogP contribution in [0.3, 0.4) is 0 Å². The first kappa shape index (κ1) is 18.1. The molecule has 0 aliphatic carbocycles. The van der Waals surface area contributed by atoms with Crippen molar-refractivity contribution in [1.29, 1.82) is 0 Å². The Hall–Kier alpha value is -2.68. The molecule has 1 aliphatic rings. The van der Waals surface area contributed by atoms with Crippen molar-refractivity contribution in [1.82, 2.24) is 14.9 Å². The Bertz CT molecular complexity index is 762. The fraction of sp³-hybridized carbons (Fsp3) is 0.353. The van der Waals surface area contributed by atoms with E-state index in [4.69, 9.17) is 0 Å². The van der Waals surface area contributed by atoms with Gasteiger partial charge in [0.1, 0.15) is 6.04 Å². The molecule has 2 aromatic rings. The Morgan fingerprint density at radius 1 is 1.04 bits per heavy atom. The van der Waals surface area contributed by atoms with Crippen LogP contribution in [0.5, 0.6) is 0 Å². The van der Waals surface area contributed by atoms with E-state index < -0.39 is 23.8 Å². The highest BCUT2D eigenvalue weighted by molar-refractivity contribution is 5.76. The van der Waals surface area contributed by atoms with Crippen LogP contribution in [0.25, 0.3) is 0 Å². The Labute approximate surface area is 147 Å². The molecule has 1 N–H and O–H groups in total. The van der Waals surface area contributed by atoms with Crippen molar-refractivity contribution in [3.63, 3.8) is 0 Å². The lowest BCUT2D eigenvalue weighted by Crippen LogP contribution is -2.50. The second kappa shape index (κ2) is 7.28. The van der Waals surface area contributed by atoms with Crippen molar-refractivity contribution in [3.05, 3.63) is 53.9 Å². The van der Waals surface area contributed by atoms with Crippen molar-refractivity contribution in [2.75, 3.05) is 31.1 Å². The Balaban J connectivity index is 1.82. The maximum absolute atomic E-state index is 13.3. The third-order valence-electron chi connectivity index (χ3n) is 4.31. The van der Waals surface area contributed by atoms with Crippen LogP contribution in [0.4, 0.5) is 19.1 Å². The molecule has 0 spiro atoms. The summed E-state index contributed by atoms with van der Waals surface area (Å²) in [5.41, 5.74) is -1.15. The summed E-state index contributed by atoms with van der Waals surface area (Å²) >= 11 is 0. The zero-order valence-electron chi connectivity index (χ0n) is 13.7. The van der Waals surface area contributed by atoms with Gasteiger partial charge in [-0.15, -0.1) is 0 Å². The van der Waals surface area contributed by atoms with Gasteiger partial charge in [0.2, 0.25) is 5.95 Å². The topological polar surface area (TPSA) is 69.6 Å².